The highest BCUT2D eigenvalue weighted by atomic mass is 79.9. The van der Waals surface area contributed by atoms with Gasteiger partial charge in [0, 0.05) is 6.07 Å². The summed E-state index contributed by atoms with van der Waals surface area (Å²) < 4.78 is 5.53. The topological polar surface area (TPSA) is 35.0 Å². The number of hydrogen-bond acceptors (Lipinski definition) is 3. The van der Waals surface area contributed by atoms with Gasteiger partial charge in [-0.1, -0.05) is 0 Å². The monoisotopic (exact) mass is 188 g/mol. The lowest BCUT2D eigenvalue weighted by Gasteiger charge is -1.97. The predicted molar refractivity (Wildman–Crippen MR) is 36.3 cm³/mol. The zero-order valence-electron chi connectivity index (χ0n) is 4.84. The molecule has 1 aromatic heterocycles. The third-order valence-corrected chi connectivity index (χ3v) is 1.41. The van der Waals surface area contributed by atoms with E-state index in [9.17, 15) is 0 Å². The van der Waals surface area contributed by atoms with Crippen molar-refractivity contribution in [2.45, 2.75) is 0 Å². The second-order valence-electron chi connectivity index (χ2n) is 1.39. The number of nitrogens with zero attached hydrogens (tertiary/aromatic N) is 2. The molecular formula is C5H5BrN2O. The summed E-state index contributed by atoms with van der Waals surface area (Å²) >= 11 is 3.16. The molecule has 0 aliphatic carbocycles. The Labute approximate surface area is 61.2 Å². The van der Waals surface area contributed by atoms with Crippen LogP contribution in [0.15, 0.2) is 16.9 Å². The van der Waals surface area contributed by atoms with Crippen molar-refractivity contribution >= 4 is 15.9 Å². The largest absolute Gasteiger partial charge is 0.494 e. The van der Waals surface area contributed by atoms with Crippen molar-refractivity contribution < 1.29 is 4.74 Å². The molecule has 1 aromatic rings. The van der Waals surface area contributed by atoms with E-state index in [0.29, 0.717) is 10.4 Å². The molecule has 0 saturated heterocycles. The van der Waals surface area contributed by atoms with Crippen molar-refractivity contribution in [3.63, 3.8) is 0 Å². The minimum atomic E-state index is 0.632. The van der Waals surface area contributed by atoms with Crippen LogP contribution in [-0.4, -0.2) is 17.3 Å². The Kier molecular flexibility index (Phi) is 2.00. The molecule has 9 heavy (non-hydrogen) atoms. The van der Waals surface area contributed by atoms with E-state index in [1.54, 1.807) is 19.4 Å². The molecule has 48 valence electrons. The van der Waals surface area contributed by atoms with E-state index < -0.39 is 0 Å². The highest BCUT2D eigenvalue weighted by molar-refractivity contribution is 9.10. The fourth-order valence-corrected chi connectivity index (χ4v) is 0.841. The summed E-state index contributed by atoms with van der Waals surface area (Å²) in [5.74, 6) is 0.699. The summed E-state index contributed by atoms with van der Waals surface area (Å²) in [7, 11) is 1.59. The first-order chi connectivity index (χ1) is 4.34. The lowest BCUT2D eigenvalue weighted by molar-refractivity contribution is 0.408. The van der Waals surface area contributed by atoms with Crippen LogP contribution in [0, 0.1) is 0 Å². The van der Waals surface area contributed by atoms with Gasteiger partial charge in [0.1, 0.15) is 0 Å². The number of halogens is 1. The summed E-state index contributed by atoms with van der Waals surface area (Å²) in [5.41, 5.74) is 0. The number of ether oxygens (including phenoxy) is 1. The van der Waals surface area contributed by atoms with Crippen molar-refractivity contribution in [2.75, 3.05) is 7.11 Å². The molecule has 4 heteroatoms. The highest BCUT2D eigenvalue weighted by Gasteiger charge is 1.96. The van der Waals surface area contributed by atoms with Crippen molar-refractivity contribution in [2.24, 2.45) is 0 Å². The van der Waals surface area contributed by atoms with Gasteiger partial charge in [0.05, 0.1) is 13.3 Å². The molecule has 0 amide bonds. The number of aromatic nitrogens is 2. The first kappa shape index (κ1) is 6.48. The van der Waals surface area contributed by atoms with Crippen molar-refractivity contribution in [3.05, 3.63) is 16.9 Å². The van der Waals surface area contributed by atoms with Crippen LogP contribution >= 0.6 is 15.9 Å². The zero-order chi connectivity index (χ0) is 6.69. The van der Waals surface area contributed by atoms with E-state index in [0.717, 1.165) is 0 Å². The molecular weight excluding hydrogens is 184 g/mol. The number of hydrogen-bond donors (Lipinski definition) is 0. The Morgan fingerprint density at radius 3 is 2.89 bits per heavy atom. The average Bonchev–Trinajstić information content (AvgIpc) is 1.89. The Morgan fingerprint density at radius 2 is 2.44 bits per heavy atom. The maximum Gasteiger partial charge on any atom is 0.170 e. The fourth-order valence-electron chi connectivity index (χ4n) is 0.455. The Balaban J connectivity index is 3.01. The van der Waals surface area contributed by atoms with Crippen LogP contribution in [0.3, 0.4) is 0 Å². The molecule has 0 spiro atoms. The Hall–Kier alpha value is -0.640. The lowest BCUT2D eigenvalue weighted by atomic mass is 10.5. The molecule has 0 unspecified atom stereocenters. The van der Waals surface area contributed by atoms with Crippen molar-refractivity contribution in [3.8, 4) is 5.75 Å². The Bertz CT molecular complexity index is 204. The minimum Gasteiger partial charge on any atom is -0.494 e. The van der Waals surface area contributed by atoms with E-state index in [-0.39, 0.29) is 0 Å². The van der Waals surface area contributed by atoms with Crippen LogP contribution in [-0.2, 0) is 0 Å². The first-order valence-corrected chi connectivity index (χ1v) is 3.15. The van der Waals surface area contributed by atoms with Crippen LogP contribution in [0.25, 0.3) is 0 Å². The average molecular weight is 189 g/mol. The summed E-state index contributed by atoms with van der Waals surface area (Å²) in [4.78, 5) is 0. The molecule has 0 fully saturated rings. The summed E-state index contributed by atoms with van der Waals surface area (Å²) in [6.45, 7) is 0. The normalized spacial score (nSPS) is 9.11. The first-order valence-electron chi connectivity index (χ1n) is 2.36. The molecule has 3 nitrogen and oxygen atoms in total. The molecule has 0 aliphatic heterocycles. The van der Waals surface area contributed by atoms with E-state index in [1.807, 2.05) is 0 Å². The van der Waals surface area contributed by atoms with Gasteiger partial charge in [0.25, 0.3) is 0 Å². The molecule has 0 bridgehead atoms. The van der Waals surface area contributed by atoms with Crippen LogP contribution in [0.1, 0.15) is 0 Å². The molecule has 1 rings (SSSR count). The summed E-state index contributed by atoms with van der Waals surface area (Å²) in [6.07, 6.45) is 1.57. The summed E-state index contributed by atoms with van der Waals surface area (Å²) in [6, 6.07) is 1.73. The van der Waals surface area contributed by atoms with Gasteiger partial charge in [-0.05, 0) is 15.9 Å². The smallest absolute Gasteiger partial charge is 0.170 e. The second kappa shape index (κ2) is 2.77. The van der Waals surface area contributed by atoms with E-state index in [4.69, 9.17) is 4.74 Å². The van der Waals surface area contributed by atoms with Crippen LogP contribution < -0.4 is 4.74 Å². The Morgan fingerprint density at radius 1 is 1.67 bits per heavy atom. The summed E-state index contributed by atoms with van der Waals surface area (Å²) in [5, 5.41) is 7.31. The highest BCUT2D eigenvalue weighted by Crippen LogP contribution is 2.18. The maximum atomic E-state index is 4.90. The third kappa shape index (κ3) is 1.38. The predicted octanol–water partition coefficient (Wildman–Crippen LogP) is 1.25. The zero-order valence-corrected chi connectivity index (χ0v) is 6.42. The molecule has 0 aromatic carbocycles. The molecule has 0 radical (unpaired) electrons. The molecule has 0 aliphatic rings. The van der Waals surface area contributed by atoms with Crippen LogP contribution in [0.2, 0.25) is 0 Å². The van der Waals surface area contributed by atoms with Crippen LogP contribution in [0.5, 0.6) is 5.75 Å². The molecule has 0 saturated carbocycles. The van der Waals surface area contributed by atoms with Gasteiger partial charge in [-0.3, -0.25) is 0 Å². The SMILES string of the molecule is COc1ccnnc1Br. The van der Waals surface area contributed by atoms with Gasteiger partial charge in [-0.25, -0.2) is 0 Å². The van der Waals surface area contributed by atoms with Gasteiger partial charge in [0.15, 0.2) is 10.4 Å². The minimum absolute atomic E-state index is 0.632. The second-order valence-corrected chi connectivity index (χ2v) is 2.14. The van der Waals surface area contributed by atoms with Crippen molar-refractivity contribution in [1.82, 2.24) is 10.2 Å². The standard InChI is InChI=1S/C5H5BrN2O/c1-9-4-2-3-7-8-5(4)6/h2-3H,1H3. The number of methoxy groups -OCH3 is 1. The van der Waals surface area contributed by atoms with Gasteiger partial charge in [-0.2, -0.15) is 5.10 Å². The van der Waals surface area contributed by atoms with E-state index >= 15 is 0 Å². The van der Waals surface area contributed by atoms with Crippen molar-refractivity contribution in [1.29, 1.82) is 0 Å². The van der Waals surface area contributed by atoms with Gasteiger partial charge in [0.2, 0.25) is 0 Å². The van der Waals surface area contributed by atoms with Gasteiger partial charge < -0.3 is 4.74 Å². The molecule has 0 N–H and O–H groups in total. The quantitative estimate of drug-likeness (QED) is 0.666. The third-order valence-electron chi connectivity index (χ3n) is 0.861. The molecule has 1 heterocycles. The van der Waals surface area contributed by atoms with E-state index in [1.165, 1.54) is 0 Å². The number of rotatable bonds is 1. The molecule has 0 atom stereocenters. The van der Waals surface area contributed by atoms with E-state index in [2.05, 4.69) is 26.1 Å². The van der Waals surface area contributed by atoms with Crippen LogP contribution in [0.4, 0.5) is 0 Å². The van der Waals surface area contributed by atoms with Gasteiger partial charge >= 0.3 is 0 Å². The maximum absolute atomic E-state index is 4.90. The lowest BCUT2D eigenvalue weighted by Crippen LogP contribution is -1.87. The fraction of sp³-hybridized carbons (Fsp3) is 0.200. The van der Waals surface area contributed by atoms with Gasteiger partial charge in [-0.15, -0.1) is 5.10 Å².